The van der Waals surface area contributed by atoms with Crippen LogP contribution >= 0.6 is 0 Å². The fourth-order valence-corrected chi connectivity index (χ4v) is 3.73. The molecule has 0 aliphatic carbocycles. The Kier molecular flexibility index (Phi) is 8.79. The van der Waals surface area contributed by atoms with Crippen molar-refractivity contribution in [3.8, 4) is 0 Å². The van der Waals surface area contributed by atoms with Gasteiger partial charge in [0.05, 0.1) is 12.7 Å². The molecule has 8 nitrogen and oxygen atoms in total. The first-order valence-corrected chi connectivity index (χ1v) is 10.0. The van der Waals surface area contributed by atoms with Crippen LogP contribution in [0.15, 0.2) is 4.99 Å². The molecule has 1 N–H and O–H groups in total. The Bertz CT molecular complexity index is 482. The molecule has 0 spiro atoms. The van der Waals surface area contributed by atoms with Gasteiger partial charge in [-0.05, 0) is 26.7 Å². The van der Waals surface area contributed by atoms with Crippen molar-refractivity contribution < 1.29 is 14.3 Å². The molecule has 1 amide bonds. The van der Waals surface area contributed by atoms with Crippen molar-refractivity contribution in [3.63, 3.8) is 0 Å². The second-order valence-corrected chi connectivity index (χ2v) is 7.78. The SMILES string of the molecule is COCCN1C(C)CN(C(=NCC(=O)N(C)C)NCC2CCCO2)CC1C. The van der Waals surface area contributed by atoms with Crippen LogP contribution in [-0.4, -0.2) is 112 Å². The summed E-state index contributed by atoms with van der Waals surface area (Å²) in [5.41, 5.74) is 0. The van der Waals surface area contributed by atoms with Crippen LogP contribution in [0.25, 0.3) is 0 Å². The molecule has 2 rings (SSSR count). The van der Waals surface area contributed by atoms with E-state index >= 15 is 0 Å². The minimum atomic E-state index is 0.00578. The lowest BCUT2D eigenvalue weighted by Crippen LogP contribution is -2.61. The van der Waals surface area contributed by atoms with Crippen LogP contribution in [0.2, 0.25) is 0 Å². The predicted molar refractivity (Wildman–Crippen MR) is 107 cm³/mol. The third-order valence-electron chi connectivity index (χ3n) is 5.33. The summed E-state index contributed by atoms with van der Waals surface area (Å²) >= 11 is 0. The lowest BCUT2D eigenvalue weighted by atomic mass is 10.1. The first-order valence-electron chi connectivity index (χ1n) is 10.0. The van der Waals surface area contributed by atoms with Crippen molar-refractivity contribution in [1.29, 1.82) is 0 Å². The molecule has 0 saturated carbocycles. The number of carbonyl (C=O) groups excluding carboxylic acids is 1. The van der Waals surface area contributed by atoms with Gasteiger partial charge in [-0.3, -0.25) is 9.69 Å². The molecule has 2 heterocycles. The maximum Gasteiger partial charge on any atom is 0.243 e. The van der Waals surface area contributed by atoms with Crippen LogP contribution in [0.1, 0.15) is 26.7 Å². The van der Waals surface area contributed by atoms with Crippen molar-refractivity contribution in [1.82, 2.24) is 20.0 Å². The van der Waals surface area contributed by atoms with Crippen LogP contribution in [0, 0.1) is 0 Å². The fourth-order valence-electron chi connectivity index (χ4n) is 3.73. The van der Waals surface area contributed by atoms with E-state index in [1.54, 1.807) is 26.1 Å². The normalized spacial score (nSPS) is 27.1. The molecule has 0 radical (unpaired) electrons. The lowest BCUT2D eigenvalue weighted by molar-refractivity contribution is -0.127. The highest BCUT2D eigenvalue weighted by atomic mass is 16.5. The minimum Gasteiger partial charge on any atom is -0.383 e. The second-order valence-electron chi connectivity index (χ2n) is 7.78. The third kappa shape index (κ3) is 6.62. The quantitative estimate of drug-likeness (QED) is 0.502. The molecule has 3 atom stereocenters. The number of piperazine rings is 1. The van der Waals surface area contributed by atoms with E-state index in [-0.39, 0.29) is 18.6 Å². The highest BCUT2D eigenvalue weighted by Gasteiger charge is 2.31. The molecule has 0 aromatic carbocycles. The lowest BCUT2D eigenvalue weighted by Gasteiger charge is -2.45. The number of nitrogens with one attached hydrogen (secondary N) is 1. The summed E-state index contributed by atoms with van der Waals surface area (Å²) in [6.07, 6.45) is 2.43. The maximum absolute atomic E-state index is 12.0. The molecule has 2 fully saturated rings. The van der Waals surface area contributed by atoms with Gasteiger partial charge in [-0.25, -0.2) is 4.99 Å². The Hall–Kier alpha value is -1.38. The highest BCUT2D eigenvalue weighted by Crippen LogP contribution is 2.16. The van der Waals surface area contributed by atoms with Crippen molar-refractivity contribution in [2.24, 2.45) is 4.99 Å². The highest BCUT2D eigenvalue weighted by molar-refractivity contribution is 5.85. The van der Waals surface area contributed by atoms with Crippen LogP contribution in [0.4, 0.5) is 0 Å². The molecule has 2 aliphatic rings. The van der Waals surface area contributed by atoms with Gasteiger partial charge >= 0.3 is 0 Å². The number of aliphatic imine (C=N–C) groups is 1. The number of hydrogen-bond acceptors (Lipinski definition) is 5. The average Bonchev–Trinajstić information content (AvgIpc) is 3.14. The van der Waals surface area contributed by atoms with Gasteiger partial charge in [-0.2, -0.15) is 0 Å². The van der Waals surface area contributed by atoms with E-state index in [1.165, 1.54) is 0 Å². The van der Waals surface area contributed by atoms with E-state index in [4.69, 9.17) is 9.47 Å². The molecule has 2 saturated heterocycles. The van der Waals surface area contributed by atoms with Crippen molar-refractivity contribution >= 4 is 11.9 Å². The number of rotatable bonds is 7. The van der Waals surface area contributed by atoms with E-state index in [1.807, 2.05) is 0 Å². The standard InChI is InChI=1S/C19H37N5O3/c1-15-13-23(14-16(2)24(15)8-10-26-5)19(21-12-18(25)22(3)4)20-11-17-7-6-9-27-17/h15-17H,6-14H2,1-5H3,(H,20,21). The van der Waals surface area contributed by atoms with Gasteiger partial charge in [-0.1, -0.05) is 0 Å². The third-order valence-corrected chi connectivity index (χ3v) is 5.33. The first kappa shape index (κ1) is 21.9. The summed E-state index contributed by atoms with van der Waals surface area (Å²) in [6.45, 7) is 9.64. The van der Waals surface area contributed by atoms with Gasteiger partial charge in [0.2, 0.25) is 5.91 Å². The number of ether oxygens (including phenoxy) is 2. The summed E-state index contributed by atoms with van der Waals surface area (Å²) < 4.78 is 11.0. The molecule has 0 bridgehead atoms. The zero-order chi connectivity index (χ0) is 19.8. The average molecular weight is 384 g/mol. The zero-order valence-electron chi connectivity index (χ0n) is 17.6. The molecule has 3 unspecified atom stereocenters. The zero-order valence-corrected chi connectivity index (χ0v) is 17.6. The maximum atomic E-state index is 12.0. The molecule has 156 valence electrons. The van der Waals surface area contributed by atoms with Gasteiger partial charge in [0.1, 0.15) is 6.54 Å². The van der Waals surface area contributed by atoms with Gasteiger partial charge in [-0.15, -0.1) is 0 Å². The van der Waals surface area contributed by atoms with Crippen molar-refractivity contribution in [2.75, 3.05) is 67.1 Å². The molecule has 0 aromatic rings. The van der Waals surface area contributed by atoms with Crippen LogP contribution in [-0.2, 0) is 14.3 Å². The first-order chi connectivity index (χ1) is 12.9. The topological polar surface area (TPSA) is 69.6 Å². The summed E-state index contributed by atoms with van der Waals surface area (Å²) in [4.78, 5) is 23.0. The molecular weight excluding hydrogens is 346 g/mol. The van der Waals surface area contributed by atoms with Gasteiger partial charge in [0.25, 0.3) is 0 Å². The smallest absolute Gasteiger partial charge is 0.243 e. The van der Waals surface area contributed by atoms with Crippen LogP contribution in [0.5, 0.6) is 0 Å². The van der Waals surface area contributed by atoms with Crippen molar-refractivity contribution in [2.45, 2.75) is 44.9 Å². The predicted octanol–water partition coefficient (Wildman–Crippen LogP) is 0.240. The van der Waals surface area contributed by atoms with Crippen molar-refractivity contribution in [3.05, 3.63) is 0 Å². The summed E-state index contributed by atoms with van der Waals surface area (Å²) in [6, 6.07) is 0.784. The van der Waals surface area contributed by atoms with Crippen LogP contribution in [0.3, 0.4) is 0 Å². The van der Waals surface area contributed by atoms with Gasteiger partial charge < -0.3 is 24.6 Å². The summed E-state index contributed by atoms with van der Waals surface area (Å²) in [5.74, 6) is 0.817. The monoisotopic (exact) mass is 383 g/mol. The Morgan fingerprint density at radius 3 is 2.56 bits per heavy atom. The van der Waals surface area contributed by atoms with Gasteiger partial charge in [0, 0.05) is 66.1 Å². The molecule has 8 heteroatoms. The molecular formula is C19H37N5O3. The van der Waals surface area contributed by atoms with Gasteiger partial charge in [0.15, 0.2) is 5.96 Å². The number of amides is 1. The summed E-state index contributed by atoms with van der Waals surface area (Å²) in [5, 5.41) is 3.46. The Labute approximate surface area is 163 Å². The Balaban J connectivity index is 2.02. The number of methoxy groups -OCH3 is 1. The van der Waals surface area contributed by atoms with E-state index in [2.05, 4.69) is 34.0 Å². The number of hydrogen-bond donors (Lipinski definition) is 1. The largest absolute Gasteiger partial charge is 0.383 e. The molecule has 27 heavy (non-hydrogen) atoms. The number of likely N-dealkylation sites (N-methyl/N-ethyl adjacent to an activating group) is 1. The summed E-state index contributed by atoms with van der Waals surface area (Å²) in [7, 11) is 5.26. The number of carbonyl (C=O) groups is 1. The number of guanidine groups is 1. The van der Waals surface area contributed by atoms with E-state index in [0.717, 1.165) is 58.2 Å². The van der Waals surface area contributed by atoms with E-state index in [9.17, 15) is 4.79 Å². The Morgan fingerprint density at radius 2 is 2.00 bits per heavy atom. The van der Waals surface area contributed by atoms with E-state index in [0.29, 0.717) is 12.1 Å². The minimum absolute atomic E-state index is 0.00578. The van der Waals surface area contributed by atoms with Crippen LogP contribution < -0.4 is 5.32 Å². The second kappa shape index (κ2) is 10.8. The Morgan fingerprint density at radius 1 is 1.30 bits per heavy atom. The molecule has 2 aliphatic heterocycles. The van der Waals surface area contributed by atoms with E-state index < -0.39 is 0 Å². The molecule has 0 aromatic heterocycles. The fraction of sp³-hybridized carbons (Fsp3) is 0.895. The number of nitrogens with zero attached hydrogens (tertiary/aromatic N) is 4.